The molecule has 0 aliphatic carbocycles. The third-order valence-electron chi connectivity index (χ3n) is 6.23. The molecule has 2 aromatic carbocycles. The zero-order valence-corrected chi connectivity index (χ0v) is 21.7. The Morgan fingerprint density at radius 2 is 1.70 bits per heavy atom. The van der Waals surface area contributed by atoms with E-state index in [4.69, 9.17) is 0 Å². The predicted octanol–water partition coefficient (Wildman–Crippen LogP) is 2.22. The molecular weight excluding hydrogens is 472 g/mol. The van der Waals surface area contributed by atoms with Crippen LogP contribution in [0.2, 0.25) is 0 Å². The van der Waals surface area contributed by atoms with Gasteiger partial charge in [0.15, 0.2) is 0 Å². The lowest BCUT2D eigenvalue weighted by atomic mass is 10.1. The Labute approximate surface area is 213 Å². The Hall–Kier alpha value is -4.21. The number of fused-ring (bicyclic) bond motifs is 3. The summed E-state index contributed by atoms with van der Waals surface area (Å²) >= 11 is 0. The predicted molar refractivity (Wildman–Crippen MR) is 142 cm³/mol. The molecule has 2 heterocycles. The fourth-order valence-corrected chi connectivity index (χ4v) is 4.08. The van der Waals surface area contributed by atoms with Gasteiger partial charge in [-0.25, -0.2) is 13.9 Å². The third-order valence-corrected chi connectivity index (χ3v) is 6.23. The normalized spacial score (nSPS) is 12.3. The lowest BCUT2D eigenvalue weighted by molar-refractivity contribution is -0.122. The van der Waals surface area contributed by atoms with Crippen LogP contribution in [0.4, 0.5) is 0 Å². The largest absolute Gasteiger partial charge is 0.352 e. The van der Waals surface area contributed by atoms with Crippen molar-refractivity contribution in [2.24, 2.45) is 0 Å². The van der Waals surface area contributed by atoms with Crippen molar-refractivity contribution in [2.45, 2.75) is 66.2 Å². The Morgan fingerprint density at radius 1 is 1.00 bits per heavy atom. The molecule has 1 atom stereocenters. The highest BCUT2D eigenvalue weighted by molar-refractivity contribution is 5.98. The van der Waals surface area contributed by atoms with Crippen molar-refractivity contribution in [3.63, 3.8) is 0 Å². The first-order chi connectivity index (χ1) is 17.6. The Kier molecular flexibility index (Phi) is 7.28. The maximum Gasteiger partial charge on any atom is 0.352 e. The minimum atomic E-state index is -0.571. The van der Waals surface area contributed by atoms with Gasteiger partial charge in [-0.05, 0) is 57.9 Å². The van der Waals surface area contributed by atoms with Crippen LogP contribution < -0.4 is 21.9 Å². The highest BCUT2D eigenvalue weighted by Gasteiger charge is 2.21. The van der Waals surface area contributed by atoms with Crippen molar-refractivity contribution >= 4 is 28.5 Å². The fraction of sp³-hybridized carbons (Fsp3) is 0.370. The van der Waals surface area contributed by atoms with Crippen LogP contribution in [0.25, 0.3) is 16.7 Å². The first-order valence-electron chi connectivity index (χ1n) is 12.4. The molecule has 0 bridgehead atoms. The maximum atomic E-state index is 13.6. The number of nitrogens with one attached hydrogen (secondary N) is 2. The standard InChI is InChI=1S/C27H32N6O4/c1-6-18(5)29-23(34)15-32-27(37)33-22-13-20(24(35)28-16(2)3)11-12-21(22)25(36)31(26(33)30-32)14-19-9-7-17(4)8-10-19/h7-13,16,18H,6,14-15H2,1-5H3,(H,28,35)(H,29,34). The molecule has 0 saturated carbocycles. The first kappa shape index (κ1) is 25.9. The molecule has 0 radical (unpaired) electrons. The van der Waals surface area contributed by atoms with E-state index in [2.05, 4.69) is 15.7 Å². The van der Waals surface area contributed by atoms with Crippen LogP contribution in [0.15, 0.2) is 52.1 Å². The minimum absolute atomic E-state index is 0.0530. The number of hydrogen-bond donors (Lipinski definition) is 2. The summed E-state index contributed by atoms with van der Waals surface area (Å²) in [5, 5.41) is 10.3. The number of nitrogens with zero attached hydrogens (tertiary/aromatic N) is 4. The second-order valence-electron chi connectivity index (χ2n) is 9.69. The lowest BCUT2D eigenvalue weighted by Gasteiger charge is -2.12. The number of rotatable bonds is 8. The topological polar surface area (TPSA) is 120 Å². The van der Waals surface area contributed by atoms with Crippen molar-refractivity contribution < 1.29 is 9.59 Å². The maximum absolute atomic E-state index is 13.6. The monoisotopic (exact) mass is 504 g/mol. The first-order valence-corrected chi connectivity index (χ1v) is 12.4. The molecule has 0 saturated heterocycles. The van der Waals surface area contributed by atoms with Crippen molar-refractivity contribution in [2.75, 3.05) is 0 Å². The highest BCUT2D eigenvalue weighted by Crippen LogP contribution is 2.16. The molecule has 4 aromatic rings. The second-order valence-corrected chi connectivity index (χ2v) is 9.69. The van der Waals surface area contributed by atoms with Gasteiger partial charge in [0.2, 0.25) is 11.7 Å². The van der Waals surface area contributed by atoms with E-state index in [0.29, 0.717) is 5.56 Å². The van der Waals surface area contributed by atoms with Gasteiger partial charge in [0.1, 0.15) is 6.54 Å². The summed E-state index contributed by atoms with van der Waals surface area (Å²) in [7, 11) is 0. The molecule has 0 spiro atoms. The Bertz CT molecular complexity index is 1590. The molecule has 37 heavy (non-hydrogen) atoms. The van der Waals surface area contributed by atoms with E-state index in [1.165, 1.54) is 15.0 Å². The van der Waals surface area contributed by atoms with Crippen LogP contribution in [0.1, 0.15) is 55.6 Å². The summed E-state index contributed by atoms with van der Waals surface area (Å²) in [5.41, 5.74) is 1.60. The number of aryl methyl sites for hydroxylation is 1. The average molecular weight is 505 g/mol. The van der Waals surface area contributed by atoms with Gasteiger partial charge in [-0.15, -0.1) is 5.10 Å². The molecule has 4 rings (SSSR count). The molecule has 2 N–H and O–H groups in total. The van der Waals surface area contributed by atoms with Gasteiger partial charge < -0.3 is 10.6 Å². The Balaban J connectivity index is 1.93. The van der Waals surface area contributed by atoms with Gasteiger partial charge in [-0.3, -0.25) is 19.0 Å². The highest BCUT2D eigenvalue weighted by atomic mass is 16.2. The minimum Gasteiger partial charge on any atom is -0.352 e. The number of carbonyl (C=O) groups is 2. The summed E-state index contributed by atoms with van der Waals surface area (Å²) < 4.78 is 3.78. The molecule has 0 fully saturated rings. The molecule has 2 aromatic heterocycles. The molecule has 0 aliphatic rings. The van der Waals surface area contributed by atoms with Crippen LogP contribution >= 0.6 is 0 Å². The van der Waals surface area contributed by atoms with Crippen molar-refractivity contribution in [1.29, 1.82) is 0 Å². The second kappa shape index (κ2) is 10.4. The lowest BCUT2D eigenvalue weighted by Crippen LogP contribution is -2.37. The van der Waals surface area contributed by atoms with Gasteiger partial charge in [0.05, 0.1) is 17.4 Å². The molecule has 1 unspecified atom stereocenters. The summed E-state index contributed by atoms with van der Waals surface area (Å²) in [6.45, 7) is 9.39. The van der Waals surface area contributed by atoms with Crippen LogP contribution in [0.3, 0.4) is 0 Å². The zero-order valence-electron chi connectivity index (χ0n) is 21.7. The smallest absolute Gasteiger partial charge is 0.352 e. The molecule has 0 aliphatic heterocycles. The van der Waals surface area contributed by atoms with E-state index in [-0.39, 0.29) is 59.2 Å². The third kappa shape index (κ3) is 5.32. The molecule has 194 valence electrons. The van der Waals surface area contributed by atoms with Crippen molar-refractivity contribution in [3.05, 3.63) is 80.0 Å². The van der Waals surface area contributed by atoms with E-state index in [0.717, 1.165) is 22.2 Å². The van der Waals surface area contributed by atoms with Crippen LogP contribution in [-0.4, -0.2) is 42.6 Å². The molecule has 10 nitrogen and oxygen atoms in total. The van der Waals surface area contributed by atoms with E-state index in [1.54, 1.807) is 12.1 Å². The van der Waals surface area contributed by atoms with Gasteiger partial charge >= 0.3 is 5.69 Å². The van der Waals surface area contributed by atoms with Crippen LogP contribution in [-0.2, 0) is 17.9 Å². The molecule has 2 amide bonds. The van der Waals surface area contributed by atoms with Crippen molar-refractivity contribution in [3.8, 4) is 0 Å². The van der Waals surface area contributed by atoms with E-state index in [1.807, 2.05) is 58.9 Å². The fourth-order valence-electron chi connectivity index (χ4n) is 4.08. The number of carbonyl (C=O) groups excluding carboxylic acids is 2. The molecular formula is C27H32N6O4. The average Bonchev–Trinajstić information content (AvgIpc) is 3.17. The number of hydrogen-bond acceptors (Lipinski definition) is 5. The number of amides is 2. The summed E-state index contributed by atoms with van der Waals surface area (Å²) in [6, 6.07) is 12.2. The van der Waals surface area contributed by atoms with E-state index < -0.39 is 5.69 Å². The summed E-state index contributed by atoms with van der Waals surface area (Å²) in [4.78, 5) is 52.4. The van der Waals surface area contributed by atoms with Crippen LogP contribution in [0.5, 0.6) is 0 Å². The van der Waals surface area contributed by atoms with Gasteiger partial charge in [0, 0.05) is 17.6 Å². The van der Waals surface area contributed by atoms with Gasteiger partial charge in [0.25, 0.3) is 11.5 Å². The SMILES string of the molecule is CCC(C)NC(=O)Cn1nc2n(Cc3ccc(C)cc3)c(=O)c3ccc(C(=O)NC(C)C)cc3n2c1=O. The van der Waals surface area contributed by atoms with E-state index in [9.17, 15) is 19.2 Å². The summed E-state index contributed by atoms with van der Waals surface area (Å²) in [5.74, 6) is -0.573. The quantitative estimate of drug-likeness (QED) is 0.381. The van der Waals surface area contributed by atoms with Gasteiger partial charge in [-0.1, -0.05) is 36.8 Å². The van der Waals surface area contributed by atoms with Crippen LogP contribution in [0, 0.1) is 6.92 Å². The molecule has 10 heteroatoms. The van der Waals surface area contributed by atoms with Crippen molar-refractivity contribution in [1.82, 2.24) is 29.4 Å². The number of benzene rings is 2. The number of aromatic nitrogens is 4. The summed E-state index contributed by atoms with van der Waals surface area (Å²) in [6.07, 6.45) is 0.744. The van der Waals surface area contributed by atoms with E-state index >= 15 is 0 Å². The zero-order chi connectivity index (χ0) is 26.9. The Morgan fingerprint density at radius 3 is 2.35 bits per heavy atom. The van der Waals surface area contributed by atoms with Gasteiger partial charge in [-0.2, -0.15) is 0 Å².